The van der Waals surface area contributed by atoms with Crippen molar-refractivity contribution >= 4 is 21.6 Å². The van der Waals surface area contributed by atoms with Crippen molar-refractivity contribution in [1.82, 2.24) is 14.8 Å². The van der Waals surface area contributed by atoms with Crippen LogP contribution in [-0.2, 0) is 0 Å². The van der Waals surface area contributed by atoms with Crippen LogP contribution in [0.25, 0.3) is 5.82 Å². The van der Waals surface area contributed by atoms with Gasteiger partial charge in [0.15, 0.2) is 5.82 Å². The number of nitrogens with zero attached hydrogens (tertiary/aromatic N) is 4. The van der Waals surface area contributed by atoms with Gasteiger partial charge >= 0.3 is 0 Å². The van der Waals surface area contributed by atoms with Crippen molar-refractivity contribution in [2.45, 2.75) is 32.0 Å². The summed E-state index contributed by atoms with van der Waals surface area (Å²) in [4.78, 5) is 4.49. The Balaban J connectivity index is 2.29. The zero-order valence-electron chi connectivity index (χ0n) is 12.2. The summed E-state index contributed by atoms with van der Waals surface area (Å²) in [5, 5.41) is 17.5. The highest BCUT2D eigenvalue weighted by Crippen LogP contribution is 2.49. The third kappa shape index (κ3) is 2.18. The van der Waals surface area contributed by atoms with Gasteiger partial charge < -0.3 is 5.21 Å². The molecule has 0 saturated heterocycles. The average Bonchev–Trinajstić information content (AvgIpc) is 2.82. The Bertz CT molecular complexity index is 706. The first-order valence-corrected chi connectivity index (χ1v) is 7.73. The highest BCUT2D eigenvalue weighted by Gasteiger charge is 2.42. The Morgan fingerprint density at radius 2 is 2.19 bits per heavy atom. The minimum Gasteiger partial charge on any atom is -0.411 e. The molecule has 1 unspecified atom stereocenters. The molecule has 21 heavy (non-hydrogen) atoms. The van der Waals surface area contributed by atoms with Crippen LogP contribution in [0.4, 0.5) is 0 Å². The lowest BCUT2D eigenvalue weighted by Crippen LogP contribution is -2.30. The lowest BCUT2D eigenvalue weighted by atomic mass is 9.75. The predicted octanol–water partition coefficient (Wildman–Crippen LogP) is 3.62. The molecule has 1 aliphatic carbocycles. The van der Waals surface area contributed by atoms with Crippen molar-refractivity contribution in [3.63, 3.8) is 0 Å². The fraction of sp³-hybridized carbons (Fsp3) is 0.400. The highest BCUT2D eigenvalue weighted by atomic mass is 79.9. The topological polar surface area (TPSA) is 63.3 Å². The maximum atomic E-state index is 9.38. The molecule has 6 heteroatoms. The van der Waals surface area contributed by atoms with Crippen molar-refractivity contribution in [2.75, 3.05) is 0 Å². The van der Waals surface area contributed by atoms with E-state index in [1.54, 1.807) is 6.20 Å². The first kappa shape index (κ1) is 14.3. The first-order chi connectivity index (χ1) is 9.95. The number of hydrogen-bond acceptors (Lipinski definition) is 4. The summed E-state index contributed by atoms with van der Waals surface area (Å²) in [6.07, 6.45) is 2.44. The SMILES string of the molecule is Cc1nn(-c2ccccn2)c2c1/C(=N/O)CC(C)(C)C2Br. The molecule has 0 amide bonds. The van der Waals surface area contributed by atoms with Crippen LogP contribution < -0.4 is 0 Å². The molecule has 0 radical (unpaired) electrons. The van der Waals surface area contributed by atoms with Gasteiger partial charge in [0.1, 0.15) is 0 Å². The van der Waals surface area contributed by atoms with Crippen LogP contribution in [0.5, 0.6) is 0 Å². The molecule has 110 valence electrons. The minimum atomic E-state index is -0.0758. The lowest BCUT2D eigenvalue weighted by Gasteiger charge is -2.35. The van der Waals surface area contributed by atoms with Gasteiger partial charge in [0, 0.05) is 18.2 Å². The van der Waals surface area contributed by atoms with Crippen molar-refractivity contribution < 1.29 is 5.21 Å². The lowest BCUT2D eigenvalue weighted by molar-refractivity contribution is 0.305. The fourth-order valence-corrected chi connectivity index (χ4v) is 3.44. The second-order valence-corrected chi connectivity index (χ2v) is 6.94. The molecule has 0 fully saturated rings. The first-order valence-electron chi connectivity index (χ1n) is 6.82. The van der Waals surface area contributed by atoms with Gasteiger partial charge in [-0.15, -0.1) is 0 Å². The quantitative estimate of drug-likeness (QED) is 0.486. The molecule has 1 N–H and O–H groups in total. The van der Waals surface area contributed by atoms with Crippen molar-refractivity contribution in [1.29, 1.82) is 0 Å². The van der Waals surface area contributed by atoms with Crippen LogP contribution in [0.15, 0.2) is 29.6 Å². The number of hydrogen-bond donors (Lipinski definition) is 1. The maximum Gasteiger partial charge on any atom is 0.153 e. The molecule has 0 bridgehead atoms. The van der Waals surface area contributed by atoms with Gasteiger partial charge in [0.25, 0.3) is 0 Å². The Kier molecular flexibility index (Phi) is 3.36. The van der Waals surface area contributed by atoms with Crippen LogP contribution in [-0.4, -0.2) is 25.7 Å². The number of alkyl halides is 1. The maximum absolute atomic E-state index is 9.38. The van der Waals surface area contributed by atoms with Crippen LogP contribution in [0.1, 0.15) is 42.0 Å². The number of halogens is 1. The van der Waals surface area contributed by atoms with E-state index < -0.39 is 0 Å². The normalized spacial score (nSPS) is 22.3. The molecule has 1 aliphatic rings. The molecule has 0 aliphatic heterocycles. The Hall–Kier alpha value is -1.69. The van der Waals surface area contributed by atoms with Crippen LogP contribution in [0.2, 0.25) is 0 Å². The Labute approximate surface area is 131 Å². The molecular formula is C15H17BrN4O. The molecule has 1 atom stereocenters. The highest BCUT2D eigenvalue weighted by molar-refractivity contribution is 9.09. The van der Waals surface area contributed by atoms with E-state index in [0.717, 1.165) is 22.8 Å². The smallest absolute Gasteiger partial charge is 0.153 e. The van der Waals surface area contributed by atoms with Gasteiger partial charge in [-0.3, -0.25) is 0 Å². The van der Waals surface area contributed by atoms with E-state index in [0.29, 0.717) is 12.1 Å². The number of rotatable bonds is 1. The number of fused-ring (bicyclic) bond motifs is 1. The predicted molar refractivity (Wildman–Crippen MR) is 84.5 cm³/mol. The second kappa shape index (κ2) is 4.94. The van der Waals surface area contributed by atoms with E-state index in [9.17, 15) is 5.21 Å². The van der Waals surface area contributed by atoms with Crippen LogP contribution in [0, 0.1) is 12.3 Å². The zero-order chi connectivity index (χ0) is 15.2. The standard InChI is InChI=1S/C15H17BrN4O/c1-9-12-10(19-21)8-15(2,3)14(16)13(12)20(18-9)11-6-4-5-7-17-11/h4-7,14,21H,8H2,1-3H3/b19-10+. The van der Waals surface area contributed by atoms with E-state index in [-0.39, 0.29) is 10.2 Å². The van der Waals surface area contributed by atoms with E-state index in [4.69, 9.17) is 0 Å². The van der Waals surface area contributed by atoms with Crippen molar-refractivity contribution in [2.24, 2.45) is 10.6 Å². The largest absolute Gasteiger partial charge is 0.411 e. The van der Waals surface area contributed by atoms with Gasteiger partial charge in [-0.25, -0.2) is 9.67 Å². The molecule has 2 aromatic heterocycles. The number of pyridine rings is 1. The van der Waals surface area contributed by atoms with Gasteiger partial charge in [0.2, 0.25) is 0 Å². The summed E-state index contributed by atoms with van der Waals surface area (Å²) in [6.45, 7) is 6.22. The van der Waals surface area contributed by atoms with E-state index in [2.05, 4.69) is 45.0 Å². The summed E-state index contributed by atoms with van der Waals surface area (Å²) < 4.78 is 1.84. The molecule has 3 rings (SSSR count). The number of aromatic nitrogens is 3. The van der Waals surface area contributed by atoms with Gasteiger partial charge in [-0.1, -0.05) is 41.0 Å². The molecule has 0 aromatic carbocycles. The van der Waals surface area contributed by atoms with Crippen molar-refractivity contribution in [3.05, 3.63) is 41.3 Å². The summed E-state index contributed by atoms with van der Waals surface area (Å²) in [6, 6.07) is 5.73. The Morgan fingerprint density at radius 1 is 1.43 bits per heavy atom. The zero-order valence-corrected chi connectivity index (χ0v) is 13.8. The summed E-state index contributed by atoms with van der Waals surface area (Å²) in [5.41, 5.74) is 3.38. The molecule has 2 heterocycles. The molecular weight excluding hydrogens is 332 g/mol. The van der Waals surface area contributed by atoms with Gasteiger partial charge in [-0.05, 0) is 24.5 Å². The summed E-state index contributed by atoms with van der Waals surface area (Å²) >= 11 is 3.80. The van der Waals surface area contributed by atoms with E-state index in [1.165, 1.54) is 0 Å². The van der Waals surface area contributed by atoms with Gasteiger partial charge in [0.05, 0.1) is 21.9 Å². The van der Waals surface area contributed by atoms with Crippen LogP contribution >= 0.6 is 15.9 Å². The van der Waals surface area contributed by atoms with E-state index in [1.807, 2.05) is 29.8 Å². The minimum absolute atomic E-state index is 0.0758. The molecule has 0 spiro atoms. The molecule has 2 aromatic rings. The van der Waals surface area contributed by atoms with Crippen LogP contribution in [0.3, 0.4) is 0 Å². The van der Waals surface area contributed by atoms with E-state index >= 15 is 0 Å². The summed E-state index contributed by atoms with van der Waals surface area (Å²) in [5.74, 6) is 0.765. The number of oxime groups is 1. The summed E-state index contributed by atoms with van der Waals surface area (Å²) in [7, 11) is 0. The average molecular weight is 349 g/mol. The molecule has 0 saturated carbocycles. The number of aryl methyl sites for hydroxylation is 1. The fourth-order valence-electron chi connectivity index (χ4n) is 2.85. The second-order valence-electron chi connectivity index (χ2n) is 6.02. The third-order valence-corrected chi connectivity index (χ3v) is 5.59. The molecule has 5 nitrogen and oxygen atoms in total. The van der Waals surface area contributed by atoms with Gasteiger partial charge in [-0.2, -0.15) is 5.10 Å². The van der Waals surface area contributed by atoms with Crippen molar-refractivity contribution in [3.8, 4) is 5.82 Å². The Morgan fingerprint density at radius 3 is 2.81 bits per heavy atom. The monoisotopic (exact) mass is 348 g/mol. The third-order valence-electron chi connectivity index (χ3n) is 3.92.